The molecule has 2 atom stereocenters. The van der Waals surface area contributed by atoms with E-state index in [9.17, 15) is 9.59 Å². The van der Waals surface area contributed by atoms with E-state index < -0.39 is 11.8 Å². The van der Waals surface area contributed by atoms with Crippen molar-refractivity contribution in [1.29, 1.82) is 0 Å². The summed E-state index contributed by atoms with van der Waals surface area (Å²) in [5, 5.41) is 5.27. The van der Waals surface area contributed by atoms with Gasteiger partial charge in [0.1, 0.15) is 0 Å². The first-order valence-corrected chi connectivity index (χ1v) is 8.91. The maximum absolute atomic E-state index is 11.8. The number of hydrogen-bond donors (Lipinski definition) is 2. The Morgan fingerprint density at radius 3 is 2.38 bits per heavy atom. The Labute approximate surface area is 144 Å². The Hall–Kier alpha value is -1.88. The highest BCUT2D eigenvalue weighted by Crippen LogP contribution is 2.20. The van der Waals surface area contributed by atoms with Gasteiger partial charge in [0.2, 0.25) is 0 Å². The minimum Gasteiger partial charge on any atom is -0.348 e. The molecule has 0 saturated carbocycles. The Morgan fingerprint density at radius 1 is 1.04 bits per heavy atom. The number of benzene rings is 1. The molecule has 2 rings (SSSR count). The number of hydrogen-bond acceptors (Lipinski definition) is 3. The van der Waals surface area contributed by atoms with Crippen LogP contribution in [0, 0.1) is 11.8 Å². The van der Waals surface area contributed by atoms with Crippen molar-refractivity contribution in [3.05, 3.63) is 30.3 Å². The molecule has 24 heavy (non-hydrogen) atoms. The lowest BCUT2D eigenvalue weighted by atomic mass is 9.92. The molecule has 1 saturated heterocycles. The number of unbranched alkanes of at least 4 members (excludes halogenated alkanes) is 1. The molecule has 0 bridgehead atoms. The van der Waals surface area contributed by atoms with Crippen molar-refractivity contribution < 1.29 is 9.59 Å². The average Bonchev–Trinajstić information content (AvgIpc) is 2.54. The molecule has 0 spiro atoms. The van der Waals surface area contributed by atoms with Crippen LogP contribution in [0.4, 0.5) is 5.69 Å². The zero-order chi connectivity index (χ0) is 17.4. The van der Waals surface area contributed by atoms with Crippen molar-refractivity contribution in [2.75, 3.05) is 31.5 Å². The zero-order valence-electron chi connectivity index (χ0n) is 14.8. The monoisotopic (exact) mass is 331 g/mol. The Balaban J connectivity index is 1.58. The molecule has 5 heteroatoms. The van der Waals surface area contributed by atoms with Gasteiger partial charge in [-0.3, -0.25) is 9.59 Å². The molecule has 1 aliphatic rings. The third-order valence-corrected chi connectivity index (χ3v) is 4.37. The molecule has 0 aromatic heterocycles. The van der Waals surface area contributed by atoms with E-state index in [0.29, 0.717) is 12.2 Å². The predicted octanol–water partition coefficient (Wildman–Crippen LogP) is 2.50. The van der Waals surface area contributed by atoms with Crippen LogP contribution in [0.15, 0.2) is 30.3 Å². The highest BCUT2D eigenvalue weighted by molar-refractivity contribution is 6.39. The lowest BCUT2D eigenvalue weighted by molar-refractivity contribution is -0.136. The van der Waals surface area contributed by atoms with Gasteiger partial charge in [-0.2, -0.15) is 0 Å². The van der Waals surface area contributed by atoms with Crippen LogP contribution in [-0.2, 0) is 9.59 Å². The van der Waals surface area contributed by atoms with Gasteiger partial charge in [0.05, 0.1) is 0 Å². The van der Waals surface area contributed by atoms with E-state index in [4.69, 9.17) is 0 Å². The molecule has 1 aromatic carbocycles. The molecule has 1 aromatic rings. The smallest absolute Gasteiger partial charge is 0.313 e. The molecular weight excluding hydrogens is 302 g/mol. The third-order valence-electron chi connectivity index (χ3n) is 4.37. The van der Waals surface area contributed by atoms with Crippen molar-refractivity contribution in [2.24, 2.45) is 11.8 Å². The van der Waals surface area contributed by atoms with Crippen LogP contribution in [0.1, 0.15) is 33.1 Å². The lowest BCUT2D eigenvalue weighted by Crippen LogP contribution is -2.39. The maximum atomic E-state index is 11.8. The largest absolute Gasteiger partial charge is 0.348 e. The number of rotatable bonds is 6. The summed E-state index contributed by atoms with van der Waals surface area (Å²) in [7, 11) is 0. The van der Waals surface area contributed by atoms with E-state index in [2.05, 4.69) is 29.4 Å². The number of carbonyl (C=O) groups is 2. The molecule has 2 amide bonds. The summed E-state index contributed by atoms with van der Waals surface area (Å²) >= 11 is 0. The van der Waals surface area contributed by atoms with Gasteiger partial charge in [0.15, 0.2) is 0 Å². The summed E-state index contributed by atoms with van der Waals surface area (Å²) in [4.78, 5) is 26.0. The van der Waals surface area contributed by atoms with Crippen molar-refractivity contribution >= 4 is 17.5 Å². The van der Waals surface area contributed by atoms with Crippen LogP contribution in [-0.4, -0.2) is 42.9 Å². The number of anilines is 1. The molecule has 2 N–H and O–H groups in total. The Bertz CT molecular complexity index is 523. The fourth-order valence-corrected chi connectivity index (χ4v) is 3.43. The van der Waals surface area contributed by atoms with Crippen LogP contribution in [0.25, 0.3) is 0 Å². The number of carbonyl (C=O) groups excluding carboxylic acids is 2. The van der Waals surface area contributed by atoms with Gasteiger partial charge >= 0.3 is 11.8 Å². The van der Waals surface area contributed by atoms with Gasteiger partial charge < -0.3 is 15.5 Å². The minimum atomic E-state index is -0.611. The number of piperidine rings is 1. The summed E-state index contributed by atoms with van der Waals surface area (Å²) < 4.78 is 0. The standard InChI is InChI=1S/C19H29N3O2/c1-15-12-16(2)14-22(13-15)11-7-6-10-20-18(23)19(24)21-17-8-4-3-5-9-17/h3-5,8-9,15-16H,6-7,10-14H2,1-2H3,(H,20,23)(H,21,24). The van der Waals surface area contributed by atoms with E-state index in [1.54, 1.807) is 12.1 Å². The van der Waals surface area contributed by atoms with Crippen LogP contribution in [0.5, 0.6) is 0 Å². The van der Waals surface area contributed by atoms with E-state index >= 15 is 0 Å². The molecule has 1 heterocycles. The molecule has 1 aliphatic heterocycles. The van der Waals surface area contributed by atoms with Crippen LogP contribution >= 0.6 is 0 Å². The first kappa shape index (κ1) is 18.5. The summed E-state index contributed by atoms with van der Waals surface area (Å²) in [6, 6.07) is 9.00. The molecule has 1 fully saturated rings. The van der Waals surface area contributed by atoms with Gasteiger partial charge in [0.25, 0.3) is 0 Å². The molecule has 5 nitrogen and oxygen atoms in total. The first-order chi connectivity index (χ1) is 11.5. The second-order valence-corrected chi connectivity index (χ2v) is 6.99. The highest BCUT2D eigenvalue weighted by atomic mass is 16.2. The summed E-state index contributed by atoms with van der Waals surface area (Å²) in [5.41, 5.74) is 0.631. The average molecular weight is 331 g/mol. The molecule has 2 unspecified atom stereocenters. The molecule has 0 aliphatic carbocycles. The predicted molar refractivity (Wildman–Crippen MR) is 96.7 cm³/mol. The zero-order valence-corrected chi connectivity index (χ0v) is 14.8. The van der Waals surface area contributed by atoms with Gasteiger partial charge in [-0.05, 0) is 49.8 Å². The highest BCUT2D eigenvalue weighted by Gasteiger charge is 2.21. The fraction of sp³-hybridized carbons (Fsp3) is 0.579. The van der Waals surface area contributed by atoms with Gasteiger partial charge in [-0.25, -0.2) is 0 Å². The molecule has 132 valence electrons. The van der Waals surface area contributed by atoms with Crippen molar-refractivity contribution in [3.8, 4) is 0 Å². The number of nitrogens with one attached hydrogen (secondary N) is 2. The summed E-state index contributed by atoms with van der Waals surface area (Å²) in [5.74, 6) is 0.365. The van der Waals surface area contributed by atoms with Crippen molar-refractivity contribution in [1.82, 2.24) is 10.2 Å². The minimum absolute atomic E-state index is 0.542. The van der Waals surface area contributed by atoms with E-state index in [1.165, 1.54) is 19.5 Å². The third kappa shape index (κ3) is 6.32. The van der Waals surface area contributed by atoms with Crippen molar-refractivity contribution in [3.63, 3.8) is 0 Å². The Morgan fingerprint density at radius 2 is 1.71 bits per heavy atom. The van der Waals surface area contributed by atoms with E-state index in [1.807, 2.05) is 18.2 Å². The summed E-state index contributed by atoms with van der Waals surface area (Å²) in [6.45, 7) is 8.59. The van der Waals surface area contributed by atoms with Crippen LogP contribution in [0.2, 0.25) is 0 Å². The molecule has 0 radical (unpaired) electrons. The summed E-state index contributed by atoms with van der Waals surface area (Å²) in [6.07, 6.45) is 3.26. The van der Waals surface area contributed by atoms with Crippen molar-refractivity contribution in [2.45, 2.75) is 33.1 Å². The fourth-order valence-electron chi connectivity index (χ4n) is 3.43. The Kier molecular flexibility index (Phi) is 7.25. The number of para-hydroxylation sites is 1. The number of amides is 2. The van der Waals surface area contributed by atoms with E-state index in [0.717, 1.165) is 31.2 Å². The van der Waals surface area contributed by atoms with Gasteiger partial charge in [-0.15, -0.1) is 0 Å². The lowest BCUT2D eigenvalue weighted by Gasteiger charge is -2.34. The molecular formula is C19H29N3O2. The van der Waals surface area contributed by atoms with Gasteiger partial charge in [0, 0.05) is 25.3 Å². The number of likely N-dealkylation sites (tertiary alicyclic amines) is 1. The van der Waals surface area contributed by atoms with E-state index in [-0.39, 0.29) is 0 Å². The second-order valence-electron chi connectivity index (χ2n) is 6.99. The number of nitrogens with zero attached hydrogens (tertiary/aromatic N) is 1. The second kappa shape index (κ2) is 9.42. The maximum Gasteiger partial charge on any atom is 0.313 e. The van der Waals surface area contributed by atoms with Crippen LogP contribution < -0.4 is 10.6 Å². The van der Waals surface area contributed by atoms with Crippen LogP contribution in [0.3, 0.4) is 0 Å². The first-order valence-electron chi connectivity index (χ1n) is 8.91. The quantitative estimate of drug-likeness (QED) is 0.622. The van der Waals surface area contributed by atoms with Gasteiger partial charge in [-0.1, -0.05) is 32.0 Å². The normalized spacial score (nSPS) is 21.2. The topological polar surface area (TPSA) is 61.4 Å². The SMILES string of the molecule is CC1CC(C)CN(CCCCNC(=O)C(=O)Nc2ccccc2)C1.